The zero-order valence-corrected chi connectivity index (χ0v) is 10.2. The first-order valence-electron chi connectivity index (χ1n) is 5.15. The van der Waals surface area contributed by atoms with Gasteiger partial charge >= 0.3 is 0 Å². The molecule has 0 saturated heterocycles. The van der Waals surface area contributed by atoms with E-state index in [1.165, 1.54) is 6.07 Å². The molecule has 0 aromatic heterocycles. The lowest BCUT2D eigenvalue weighted by molar-refractivity contribution is 0.0372. The van der Waals surface area contributed by atoms with Crippen LogP contribution in [0.5, 0.6) is 0 Å². The van der Waals surface area contributed by atoms with Gasteiger partial charge in [-0.1, -0.05) is 6.07 Å². The SMILES string of the molecule is CC(O)(Cc1ccc(F)c(Br)c1)C1CC1. The van der Waals surface area contributed by atoms with Crippen LogP contribution >= 0.6 is 15.9 Å². The molecule has 82 valence electrons. The minimum absolute atomic E-state index is 0.259. The number of rotatable bonds is 3. The van der Waals surface area contributed by atoms with E-state index in [2.05, 4.69) is 15.9 Å². The van der Waals surface area contributed by atoms with Crippen LogP contribution in [-0.2, 0) is 6.42 Å². The van der Waals surface area contributed by atoms with Crippen LogP contribution in [0.15, 0.2) is 22.7 Å². The van der Waals surface area contributed by atoms with Gasteiger partial charge in [0.1, 0.15) is 5.82 Å². The third-order valence-corrected chi connectivity index (χ3v) is 3.61. The van der Waals surface area contributed by atoms with Crippen molar-refractivity contribution in [1.29, 1.82) is 0 Å². The second-order valence-corrected chi connectivity index (χ2v) is 5.41. The molecule has 0 spiro atoms. The van der Waals surface area contributed by atoms with E-state index in [1.54, 1.807) is 12.1 Å². The molecule has 1 unspecified atom stereocenters. The largest absolute Gasteiger partial charge is 0.390 e. The Balaban J connectivity index is 2.13. The summed E-state index contributed by atoms with van der Waals surface area (Å²) < 4.78 is 13.5. The second kappa shape index (κ2) is 3.87. The van der Waals surface area contributed by atoms with Crippen LogP contribution < -0.4 is 0 Å². The van der Waals surface area contributed by atoms with E-state index in [1.807, 2.05) is 6.92 Å². The zero-order valence-electron chi connectivity index (χ0n) is 8.63. The van der Waals surface area contributed by atoms with Crippen LogP contribution in [-0.4, -0.2) is 10.7 Å². The molecule has 15 heavy (non-hydrogen) atoms. The molecule has 1 aromatic rings. The summed E-state index contributed by atoms with van der Waals surface area (Å²) in [4.78, 5) is 0. The maximum absolute atomic E-state index is 13.0. The summed E-state index contributed by atoms with van der Waals surface area (Å²) >= 11 is 3.15. The van der Waals surface area contributed by atoms with Crippen LogP contribution in [0.2, 0.25) is 0 Å². The Morgan fingerprint density at radius 2 is 2.20 bits per heavy atom. The zero-order chi connectivity index (χ0) is 11.1. The highest BCUT2D eigenvalue weighted by Crippen LogP contribution is 2.41. The number of hydrogen-bond acceptors (Lipinski definition) is 1. The fourth-order valence-electron chi connectivity index (χ4n) is 1.91. The van der Waals surface area contributed by atoms with Gasteiger partial charge in [-0.15, -0.1) is 0 Å². The summed E-state index contributed by atoms with van der Waals surface area (Å²) in [5.41, 5.74) is 0.331. The predicted molar refractivity (Wildman–Crippen MR) is 61.2 cm³/mol. The predicted octanol–water partition coefficient (Wildman–Crippen LogP) is 3.29. The fraction of sp³-hybridized carbons (Fsp3) is 0.500. The van der Waals surface area contributed by atoms with Gasteiger partial charge < -0.3 is 5.11 Å². The first-order chi connectivity index (χ1) is 6.99. The summed E-state index contributed by atoms with van der Waals surface area (Å²) in [5, 5.41) is 10.2. The molecule has 0 bridgehead atoms. The highest BCUT2D eigenvalue weighted by Gasteiger charge is 2.39. The van der Waals surface area contributed by atoms with Crippen LogP contribution in [0.1, 0.15) is 25.3 Å². The average Bonchev–Trinajstić information content (AvgIpc) is 2.93. The normalized spacial score (nSPS) is 20.0. The quantitative estimate of drug-likeness (QED) is 0.896. The van der Waals surface area contributed by atoms with E-state index in [4.69, 9.17) is 0 Å². The van der Waals surface area contributed by atoms with Crippen molar-refractivity contribution in [3.63, 3.8) is 0 Å². The molecule has 1 atom stereocenters. The smallest absolute Gasteiger partial charge is 0.137 e. The third-order valence-electron chi connectivity index (χ3n) is 3.00. The van der Waals surface area contributed by atoms with Crippen molar-refractivity contribution >= 4 is 15.9 Å². The lowest BCUT2D eigenvalue weighted by Crippen LogP contribution is -2.29. The van der Waals surface area contributed by atoms with Gasteiger partial charge in [-0.3, -0.25) is 0 Å². The molecule has 1 nitrogen and oxygen atoms in total. The van der Waals surface area contributed by atoms with Gasteiger partial charge in [0.15, 0.2) is 0 Å². The molecule has 1 aromatic carbocycles. The highest BCUT2D eigenvalue weighted by molar-refractivity contribution is 9.10. The number of hydrogen-bond donors (Lipinski definition) is 1. The Hall–Kier alpha value is -0.410. The van der Waals surface area contributed by atoms with E-state index in [-0.39, 0.29) is 5.82 Å². The van der Waals surface area contributed by atoms with Crippen LogP contribution in [0, 0.1) is 11.7 Å². The topological polar surface area (TPSA) is 20.2 Å². The van der Waals surface area contributed by atoms with Crippen LogP contribution in [0.25, 0.3) is 0 Å². The molecule has 0 heterocycles. The minimum Gasteiger partial charge on any atom is -0.390 e. The van der Waals surface area contributed by atoms with Gasteiger partial charge in [-0.2, -0.15) is 0 Å². The Morgan fingerprint density at radius 1 is 1.53 bits per heavy atom. The third kappa shape index (κ3) is 2.58. The number of benzene rings is 1. The highest BCUT2D eigenvalue weighted by atomic mass is 79.9. The van der Waals surface area contributed by atoms with Crippen molar-refractivity contribution in [2.24, 2.45) is 5.92 Å². The Kier molecular flexibility index (Phi) is 2.86. The monoisotopic (exact) mass is 272 g/mol. The van der Waals surface area contributed by atoms with Gasteiger partial charge in [-0.25, -0.2) is 4.39 Å². The van der Waals surface area contributed by atoms with Gasteiger partial charge in [-0.05, 0) is 59.3 Å². The van der Waals surface area contributed by atoms with Gasteiger partial charge in [0, 0.05) is 6.42 Å². The Morgan fingerprint density at radius 3 is 2.73 bits per heavy atom. The standard InChI is InChI=1S/C12H14BrFO/c1-12(15,9-3-4-9)7-8-2-5-11(14)10(13)6-8/h2,5-6,9,15H,3-4,7H2,1H3. The lowest BCUT2D eigenvalue weighted by Gasteiger charge is -2.23. The first-order valence-corrected chi connectivity index (χ1v) is 5.94. The Labute approximate surface area is 97.4 Å². The van der Waals surface area contributed by atoms with Gasteiger partial charge in [0.25, 0.3) is 0 Å². The second-order valence-electron chi connectivity index (χ2n) is 4.56. The maximum Gasteiger partial charge on any atom is 0.137 e. The van der Waals surface area contributed by atoms with E-state index in [9.17, 15) is 9.50 Å². The van der Waals surface area contributed by atoms with E-state index < -0.39 is 5.60 Å². The summed E-state index contributed by atoms with van der Waals surface area (Å²) in [7, 11) is 0. The van der Waals surface area contributed by atoms with Crippen molar-refractivity contribution < 1.29 is 9.50 Å². The summed E-state index contributed by atoms with van der Waals surface area (Å²) in [6.07, 6.45) is 2.81. The summed E-state index contributed by atoms with van der Waals surface area (Å²) in [5.74, 6) is 0.158. The molecule has 0 radical (unpaired) electrons. The minimum atomic E-state index is -0.642. The molecule has 0 aliphatic heterocycles. The molecular formula is C12H14BrFO. The van der Waals surface area contributed by atoms with Gasteiger partial charge in [0.2, 0.25) is 0 Å². The summed E-state index contributed by atoms with van der Waals surface area (Å²) in [6.45, 7) is 1.86. The molecule has 1 saturated carbocycles. The average molecular weight is 273 g/mol. The number of halogens is 2. The van der Waals surface area contributed by atoms with Crippen molar-refractivity contribution in [2.45, 2.75) is 31.8 Å². The Bertz CT molecular complexity index is 372. The molecule has 1 N–H and O–H groups in total. The van der Waals surface area contributed by atoms with Crippen LogP contribution in [0.3, 0.4) is 0 Å². The fourth-order valence-corrected chi connectivity index (χ4v) is 2.34. The molecule has 1 aliphatic rings. The summed E-state index contributed by atoms with van der Waals surface area (Å²) in [6, 6.07) is 4.91. The van der Waals surface area contributed by atoms with E-state index in [0.717, 1.165) is 18.4 Å². The van der Waals surface area contributed by atoms with E-state index in [0.29, 0.717) is 16.8 Å². The lowest BCUT2D eigenvalue weighted by atomic mass is 9.92. The molecular weight excluding hydrogens is 259 g/mol. The van der Waals surface area contributed by atoms with Crippen molar-refractivity contribution in [3.05, 3.63) is 34.1 Å². The van der Waals surface area contributed by atoms with Crippen LogP contribution in [0.4, 0.5) is 4.39 Å². The molecule has 1 aliphatic carbocycles. The number of aliphatic hydroxyl groups is 1. The van der Waals surface area contributed by atoms with Crippen molar-refractivity contribution in [3.8, 4) is 0 Å². The maximum atomic E-state index is 13.0. The molecule has 2 rings (SSSR count). The molecule has 3 heteroatoms. The van der Waals surface area contributed by atoms with Gasteiger partial charge in [0.05, 0.1) is 10.1 Å². The molecule has 0 amide bonds. The first kappa shape index (κ1) is 11.1. The van der Waals surface area contributed by atoms with Crippen molar-refractivity contribution in [2.75, 3.05) is 0 Å². The molecule has 1 fully saturated rings. The van der Waals surface area contributed by atoms with Crippen molar-refractivity contribution in [1.82, 2.24) is 0 Å². The van der Waals surface area contributed by atoms with E-state index >= 15 is 0 Å².